The number of furan rings is 1. The molecule has 3 rings (SSSR count). The molecular weight excluding hydrogens is 479 g/mol. The zero-order chi connectivity index (χ0) is 22.4. The summed E-state index contributed by atoms with van der Waals surface area (Å²) < 4.78 is 50.0. The summed E-state index contributed by atoms with van der Waals surface area (Å²) in [4.78, 5) is 11.9. The summed E-state index contributed by atoms with van der Waals surface area (Å²) in [6.45, 7) is -0.374. The molecule has 0 radical (unpaired) electrons. The first-order valence-electron chi connectivity index (χ1n) is 8.68. The maximum atomic E-state index is 12.8. The zero-order valence-electron chi connectivity index (χ0n) is 15.6. The summed E-state index contributed by atoms with van der Waals surface area (Å²) in [5.74, 6) is 0.129. The topological polar surface area (TPSA) is 87.6 Å². The summed E-state index contributed by atoms with van der Waals surface area (Å²) in [6, 6.07) is 14.5. The molecule has 0 aliphatic carbocycles. The second-order valence-corrected chi connectivity index (χ2v) is 7.03. The lowest BCUT2D eigenvalue weighted by molar-refractivity contribution is -0.137. The van der Waals surface area contributed by atoms with E-state index in [1.54, 1.807) is 18.2 Å². The number of carbonyl (C=O) groups excluding carboxylic acids is 1. The molecule has 0 saturated heterocycles. The van der Waals surface area contributed by atoms with Gasteiger partial charge in [-0.25, -0.2) is 5.43 Å². The fourth-order valence-electron chi connectivity index (χ4n) is 2.49. The van der Waals surface area contributed by atoms with Crippen molar-refractivity contribution in [3.63, 3.8) is 0 Å². The van der Waals surface area contributed by atoms with Crippen LogP contribution < -0.4 is 10.2 Å². The highest BCUT2D eigenvalue weighted by molar-refractivity contribution is 9.10. The van der Waals surface area contributed by atoms with E-state index in [2.05, 4.69) is 26.5 Å². The van der Waals surface area contributed by atoms with Crippen LogP contribution in [-0.4, -0.2) is 18.7 Å². The SMILES string of the molecule is N#Cc1cc(Br)ccc1OCC(=O)N/N=C/c1ccc(-c2cccc(C(F)(F)F)c2)o1. The van der Waals surface area contributed by atoms with Crippen LogP contribution in [0.15, 0.2) is 68.6 Å². The van der Waals surface area contributed by atoms with Crippen LogP contribution >= 0.6 is 15.9 Å². The Morgan fingerprint density at radius 3 is 2.77 bits per heavy atom. The van der Waals surface area contributed by atoms with E-state index in [1.807, 2.05) is 6.07 Å². The number of nitriles is 1. The van der Waals surface area contributed by atoms with Crippen LogP contribution in [0, 0.1) is 11.3 Å². The first-order valence-corrected chi connectivity index (χ1v) is 9.47. The third-order valence-corrected chi connectivity index (χ3v) is 4.40. The number of carbonyl (C=O) groups is 1. The van der Waals surface area contributed by atoms with Gasteiger partial charge in [-0.2, -0.15) is 23.5 Å². The van der Waals surface area contributed by atoms with Crippen molar-refractivity contribution in [2.75, 3.05) is 6.61 Å². The van der Waals surface area contributed by atoms with E-state index < -0.39 is 17.6 Å². The van der Waals surface area contributed by atoms with E-state index in [-0.39, 0.29) is 35.0 Å². The molecule has 0 atom stereocenters. The van der Waals surface area contributed by atoms with Crippen LogP contribution in [0.5, 0.6) is 5.75 Å². The van der Waals surface area contributed by atoms with Crippen LogP contribution in [0.3, 0.4) is 0 Å². The molecule has 1 heterocycles. The lowest BCUT2D eigenvalue weighted by atomic mass is 10.1. The molecule has 0 bridgehead atoms. The number of halogens is 4. The smallest absolute Gasteiger partial charge is 0.416 e. The number of nitrogens with zero attached hydrogens (tertiary/aromatic N) is 2. The summed E-state index contributed by atoms with van der Waals surface area (Å²) in [5, 5.41) is 12.8. The highest BCUT2D eigenvalue weighted by atomic mass is 79.9. The number of benzene rings is 2. The maximum absolute atomic E-state index is 12.8. The largest absolute Gasteiger partial charge is 0.482 e. The second-order valence-electron chi connectivity index (χ2n) is 6.11. The van der Waals surface area contributed by atoms with E-state index in [0.29, 0.717) is 4.47 Å². The van der Waals surface area contributed by atoms with Gasteiger partial charge in [-0.3, -0.25) is 4.79 Å². The molecule has 0 fully saturated rings. The molecule has 1 amide bonds. The molecule has 158 valence electrons. The van der Waals surface area contributed by atoms with Gasteiger partial charge in [0.25, 0.3) is 5.91 Å². The van der Waals surface area contributed by atoms with Crippen molar-refractivity contribution in [3.05, 3.63) is 76.0 Å². The molecule has 10 heteroatoms. The zero-order valence-corrected chi connectivity index (χ0v) is 17.2. The van der Waals surface area contributed by atoms with Gasteiger partial charge >= 0.3 is 6.18 Å². The minimum absolute atomic E-state index is 0.224. The van der Waals surface area contributed by atoms with Gasteiger partial charge in [-0.1, -0.05) is 28.1 Å². The van der Waals surface area contributed by atoms with Gasteiger partial charge in [0.05, 0.1) is 17.3 Å². The maximum Gasteiger partial charge on any atom is 0.416 e. The van der Waals surface area contributed by atoms with Crippen LogP contribution in [-0.2, 0) is 11.0 Å². The molecule has 31 heavy (non-hydrogen) atoms. The number of hydrogen-bond acceptors (Lipinski definition) is 5. The summed E-state index contributed by atoms with van der Waals surface area (Å²) >= 11 is 3.24. The van der Waals surface area contributed by atoms with Crippen LogP contribution in [0.4, 0.5) is 13.2 Å². The number of amides is 1. The van der Waals surface area contributed by atoms with E-state index >= 15 is 0 Å². The van der Waals surface area contributed by atoms with Crippen molar-refractivity contribution in [3.8, 4) is 23.1 Å². The average molecular weight is 492 g/mol. The normalized spacial score (nSPS) is 11.3. The van der Waals surface area contributed by atoms with E-state index in [0.717, 1.165) is 12.1 Å². The Labute approximate surface area is 183 Å². The van der Waals surface area contributed by atoms with Gasteiger partial charge in [0, 0.05) is 10.0 Å². The Hall–Kier alpha value is -3.58. The number of alkyl halides is 3. The first-order chi connectivity index (χ1) is 14.8. The number of hydrazone groups is 1. The first kappa shape index (κ1) is 22.1. The number of rotatable bonds is 6. The van der Waals surface area contributed by atoms with Gasteiger partial charge in [0.2, 0.25) is 0 Å². The molecule has 3 aromatic rings. The Morgan fingerprint density at radius 1 is 1.23 bits per heavy atom. The van der Waals surface area contributed by atoms with Crippen molar-refractivity contribution in [2.24, 2.45) is 5.10 Å². The lowest BCUT2D eigenvalue weighted by Gasteiger charge is -2.07. The van der Waals surface area contributed by atoms with Crippen LogP contribution in [0.1, 0.15) is 16.9 Å². The molecule has 0 aliphatic heterocycles. The van der Waals surface area contributed by atoms with Crippen molar-refractivity contribution in [1.29, 1.82) is 5.26 Å². The molecule has 0 spiro atoms. The highest BCUT2D eigenvalue weighted by Crippen LogP contribution is 2.32. The predicted octanol–water partition coefficient (Wildman–Crippen LogP) is 5.13. The highest BCUT2D eigenvalue weighted by Gasteiger charge is 2.30. The predicted molar refractivity (Wildman–Crippen MR) is 109 cm³/mol. The third-order valence-electron chi connectivity index (χ3n) is 3.90. The monoisotopic (exact) mass is 491 g/mol. The minimum atomic E-state index is -4.45. The Morgan fingerprint density at radius 2 is 2.03 bits per heavy atom. The Balaban J connectivity index is 1.57. The molecule has 0 unspecified atom stereocenters. The van der Waals surface area contributed by atoms with Gasteiger partial charge in [-0.15, -0.1) is 0 Å². The third kappa shape index (κ3) is 5.96. The van der Waals surface area contributed by atoms with Crippen molar-refractivity contribution in [1.82, 2.24) is 5.43 Å². The van der Waals surface area contributed by atoms with Crippen LogP contribution in [0.2, 0.25) is 0 Å². The Bertz CT molecular complexity index is 1170. The standard InChI is InChI=1S/C21H13BrF3N3O3/c22-16-4-6-18(14(9-16)10-26)30-12-20(29)28-27-11-17-5-7-19(31-17)13-2-1-3-15(8-13)21(23,24)25/h1-9,11H,12H2,(H,28,29)/b27-11+. The summed E-state index contributed by atoms with van der Waals surface area (Å²) in [6.07, 6.45) is -3.25. The van der Waals surface area contributed by atoms with Crippen molar-refractivity contribution >= 4 is 28.1 Å². The van der Waals surface area contributed by atoms with Gasteiger partial charge in [-0.05, 0) is 42.5 Å². The van der Waals surface area contributed by atoms with E-state index in [4.69, 9.17) is 14.4 Å². The number of hydrogen-bond donors (Lipinski definition) is 1. The molecule has 1 aromatic heterocycles. The van der Waals surface area contributed by atoms with Gasteiger partial charge in [0.15, 0.2) is 6.61 Å². The fraction of sp³-hybridized carbons (Fsp3) is 0.0952. The van der Waals surface area contributed by atoms with E-state index in [1.165, 1.54) is 30.5 Å². The van der Waals surface area contributed by atoms with E-state index in [9.17, 15) is 18.0 Å². The molecule has 2 aromatic carbocycles. The van der Waals surface area contributed by atoms with Gasteiger partial charge < -0.3 is 9.15 Å². The Kier molecular flexibility index (Phi) is 6.77. The average Bonchev–Trinajstić information content (AvgIpc) is 3.21. The minimum Gasteiger partial charge on any atom is -0.482 e. The number of nitrogens with one attached hydrogen (secondary N) is 1. The quantitative estimate of drug-likeness (QED) is 0.382. The molecule has 1 N–H and O–H groups in total. The fourth-order valence-corrected chi connectivity index (χ4v) is 2.85. The molecule has 0 saturated carbocycles. The lowest BCUT2D eigenvalue weighted by Crippen LogP contribution is -2.24. The number of ether oxygens (including phenoxy) is 1. The summed E-state index contributed by atoms with van der Waals surface area (Å²) in [5.41, 5.74) is 1.98. The van der Waals surface area contributed by atoms with Gasteiger partial charge in [0.1, 0.15) is 23.3 Å². The second kappa shape index (κ2) is 9.49. The van der Waals surface area contributed by atoms with Crippen molar-refractivity contribution in [2.45, 2.75) is 6.18 Å². The summed E-state index contributed by atoms with van der Waals surface area (Å²) in [7, 11) is 0. The molecule has 0 aliphatic rings. The van der Waals surface area contributed by atoms with Crippen LogP contribution in [0.25, 0.3) is 11.3 Å². The van der Waals surface area contributed by atoms with Crippen molar-refractivity contribution < 1.29 is 27.1 Å². The molecular formula is C21H13BrF3N3O3. The molecule has 6 nitrogen and oxygen atoms in total.